The van der Waals surface area contributed by atoms with E-state index in [1.54, 1.807) is 6.08 Å². The number of Topliss-reactive ketones (excluding diaryl/α,β-unsaturated/α-hetero) is 1. The Hall–Kier alpha value is -1.01. The normalized spacial score (nSPS) is 46.3. The number of hydrogen-bond donors (Lipinski definition) is 0. The molecular formula is C18H24O5. The van der Waals surface area contributed by atoms with Crippen LogP contribution >= 0.6 is 0 Å². The zero-order valence-electron chi connectivity index (χ0n) is 13.6. The van der Waals surface area contributed by atoms with Gasteiger partial charge < -0.3 is 18.9 Å². The fourth-order valence-electron chi connectivity index (χ4n) is 4.39. The van der Waals surface area contributed by atoms with Gasteiger partial charge in [-0.1, -0.05) is 18.2 Å². The molecule has 0 spiro atoms. The summed E-state index contributed by atoms with van der Waals surface area (Å²) < 4.78 is 23.5. The third-order valence-electron chi connectivity index (χ3n) is 5.32. The largest absolute Gasteiger partial charge is 0.368 e. The summed E-state index contributed by atoms with van der Waals surface area (Å²) in [5, 5.41) is 0. The van der Waals surface area contributed by atoms with E-state index in [4.69, 9.17) is 18.9 Å². The summed E-state index contributed by atoms with van der Waals surface area (Å²) in [6, 6.07) is 0. The molecule has 2 saturated heterocycles. The van der Waals surface area contributed by atoms with Gasteiger partial charge in [0.05, 0.1) is 6.61 Å². The summed E-state index contributed by atoms with van der Waals surface area (Å²) in [6.07, 6.45) is 6.16. The lowest BCUT2D eigenvalue weighted by Crippen LogP contribution is -2.43. The lowest BCUT2D eigenvalue weighted by atomic mass is 9.86. The van der Waals surface area contributed by atoms with Crippen LogP contribution in [0, 0.1) is 17.8 Å². The predicted octanol–water partition coefficient (Wildman–Crippen LogP) is 2.22. The molecule has 0 unspecified atom stereocenters. The van der Waals surface area contributed by atoms with E-state index in [9.17, 15) is 4.79 Å². The smallest absolute Gasteiger partial charge is 0.190 e. The Balaban J connectivity index is 1.52. The van der Waals surface area contributed by atoms with Crippen molar-refractivity contribution in [1.82, 2.24) is 0 Å². The van der Waals surface area contributed by atoms with Crippen LogP contribution in [0.5, 0.6) is 0 Å². The zero-order valence-corrected chi connectivity index (χ0v) is 13.6. The van der Waals surface area contributed by atoms with Crippen molar-refractivity contribution in [3.63, 3.8) is 0 Å². The molecule has 23 heavy (non-hydrogen) atoms. The van der Waals surface area contributed by atoms with Crippen LogP contribution in [0.4, 0.5) is 0 Å². The molecule has 0 aromatic rings. The molecular weight excluding hydrogens is 296 g/mol. The topological polar surface area (TPSA) is 54.0 Å². The van der Waals surface area contributed by atoms with Gasteiger partial charge in [-0.25, -0.2) is 0 Å². The average molecular weight is 320 g/mol. The van der Waals surface area contributed by atoms with E-state index >= 15 is 0 Å². The number of hydrogen-bond acceptors (Lipinski definition) is 5. The molecule has 4 aliphatic rings. The lowest BCUT2D eigenvalue weighted by molar-refractivity contribution is -0.218. The van der Waals surface area contributed by atoms with E-state index in [0.29, 0.717) is 18.4 Å². The zero-order chi connectivity index (χ0) is 16.2. The van der Waals surface area contributed by atoms with E-state index in [-0.39, 0.29) is 17.8 Å². The van der Waals surface area contributed by atoms with Crippen LogP contribution in [0.2, 0.25) is 0 Å². The molecule has 0 radical (unpaired) electrons. The Morgan fingerprint density at radius 3 is 2.83 bits per heavy atom. The van der Waals surface area contributed by atoms with Crippen molar-refractivity contribution in [3.05, 3.63) is 24.8 Å². The lowest BCUT2D eigenvalue weighted by Gasteiger charge is -2.27. The highest BCUT2D eigenvalue weighted by atomic mass is 16.8. The fraction of sp³-hybridized carbons (Fsp3) is 0.722. The molecule has 2 aliphatic carbocycles. The summed E-state index contributed by atoms with van der Waals surface area (Å²) in [5.74, 6) is 0.365. The molecule has 3 fully saturated rings. The standard InChI is InChI=1S/C18H24O5/c1-4-7-20-15-14(21-17-16(15)22-18(2,3)23-17)13(19)12-9-10-5-6-11(12)8-10/h4-6,10-12,14-17H,1,7-9H2,2-3H3/t10-,11+,12-,14+,15-,16+,17+/m0/s1. The Morgan fingerprint density at radius 2 is 2.17 bits per heavy atom. The summed E-state index contributed by atoms with van der Waals surface area (Å²) in [6.45, 7) is 7.73. The van der Waals surface area contributed by atoms with E-state index in [1.165, 1.54) is 0 Å². The van der Waals surface area contributed by atoms with Crippen molar-refractivity contribution in [2.45, 2.75) is 57.1 Å². The molecule has 2 aliphatic heterocycles. The summed E-state index contributed by atoms with van der Waals surface area (Å²) >= 11 is 0. The van der Waals surface area contributed by atoms with Crippen molar-refractivity contribution in [3.8, 4) is 0 Å². The van der Waals surface area contributed by atoms with E-state index in [0.717, 1.165) is 12.8 Å². The first-order valence-electron chi connectivity index (χ1n) is 8.44. The number of carbonyl (C=O) groups excluding carboxylic acids is 1. The minimum atomic E-state index is -0.714. The molecule has 7 atom stereocenters. The molecule has 4 rings (SSSR count). The maximum absolute atomic E-state index is 13.0. The molecule has 5 heteroatoms. The minimum Gasteiger partial charge on any atom is -0.368 e. The van der Waals surface area contributed by atoms with Crippen LogP contribution < -0.4 is 0 Å². The number of rotatable bonds is 5. The quantitative estimate of drug-likeness (QED) is 0.727. The first-order chi connectivity index (χ1) is 11.0. The van der Waals surface area contributed by atoms with Crippen molar-refractivity contribution >= 4 is 5.78 Å². The van der Waals surface area contributed by atoms with Crippen LogP contribution in [0.25, 0.3) is 0 Å². The highest BCUT2D eigenvalue weighted by Crippen LogP contribution is 2.46. The van der Waals surface area contributed by atoms with Crippen LogP contribution in [-0.4, -0.2) is 42.8 Å². The highest BCUT2D eigenvalue weighted by molar-refractivity contribution is 5.87. The first kappa shape index (κ1) is 15.5. The summed E-state index contributed by atoms with van der Waals surface area (Å²) in [4.78, 5) is 13.0. The molecule has 0 aromatic carbocycles. The van der Waals surface area contributed by atoms with Crippen molar-refractivity contribution in [2.75, 3.05) is 6.61 Å². The molecule has 126 valence electrons. The van der Waals surface area contributed by atoms with Gasteiger partial charge in [-0.05, 0) is 38.5 Å². The van der Waals surface area contributed by atoms with Crippen LogP contribution in [-0.2, 0) is 23.7 Å². The Labute approximate surface area is 136 Å². The van der Waals surface area contributed by atoms with Gasteiger partial charge in [0.2, 0.25) is 0 Å². The summed E-state index contributed by atoms with van der Waals surface area (Å²) in [5.41, 5.74) is 0. The maximum atomic E-state index is 13.0. The molecule has 0 N–H and O–H groups in total. The molecule has 0 aromatic heterocycles. The second kappa shape index (κ2) is 5.52. The van der Waals surface area contributed by atoms with Gasteiger partial charge in [0, 0.05) is 5.92 Å². The van der Waals surface area contributed by atoms with Crippen molar-refractivity contribution in [2.24, 2.45) is 17.8 Å². The third-order valence-corrected chi connectivity index (χ3v) is 5.32. The van der Waals surface area contributed by atoms with Gasteiger partial charge in [-0.3, -0.25) is 4.79 Å². The van der Waals surface area contributed by atoms with Gasteiger partial charge in [-0.15, -0.1) is 6.58 Å². The number of ether oxygens (including phenoxy) is 4. The first-order valence-corrected chi connectivity index (χ1v) is 8.44. The molecule has 2 heterocycles. The number of allylic oxidation sites excluding steroid dienone is 2. The third kappa shape index (κ3) is 2.60. The fourth-order valence-corrected chi connectivity index (χ4v) is 4.39. The van der Waals surface area contributed by atoms with Crippen molar-refractivity contribution < 1.29 is 23.7 Å². The van der Waals surface area contributed by atoms with E-state index < -0.39 is 24.3 Å². The van der Waals surface area contributed by atoms with Gasteiger partial charge in [0.25, 0.3) is 0 Å². The monoisotopic (exact) mass is 320 g/mol. The minimum absolute atomic E-state index is 0.0386. The van der Waals surface area contributed by atoms with E-state index in [1.807, 2.05) is 13.8 Å². The number of ketones is 1. The molecule has 5 nitrogen and oxygen atoms in total. The molecule has 1 saturated carbocycles. The second-order valence-corrected chi connectivity index (χ2v) is 7.40. The van der Waals surface area contributed by atoms with Crippen LogP contribution in [0.1, 0.15) is 26.7 Å². The van der Waals surface area contributed by atoms with Crippen molar-refractivity contribution in [1.29, 1.82) is 0 Å². The second-order valence-electron chi connectivity index (χ2n) is 7.40. The van der Waals surface area contributed by atoms with E-state index in [2.05, 4.69) is 18.7 Å². The SMILES string of the molecule is C=CCO[C@@H]1[C@H]2OC(C)(C)O[C@H]2O[C@@H]1C(=O)[C@H]1C[C@H]2C=C[C@@H]1C2. The molecule has 2 bridgehead atoms. The van der Waals surface area contributed by atoms with Gasteiger partial charge in [0.15, 0.2) is 17.9 Å². The van der Waals surface area contributed by atoms with Crippen LogP contribution in [0.3, 0.4) is 0 Å². The summed E-state index contributed by atoms with van der Waals surface area (Å²) in [7, 11) is 0. The highest BCUT2D eigenvalue weighted by Gasteiger charge is 2.58. The molecule has 0 amide bonds. The Morgan fingerprint density at radius 1 is 1.35 bits per heavy atom. The predicted molar refractivity (Wildman–Crippen MR) is 82.5 cm³/mol. The van der Waals surface area contributed by atoms with Crippen LogP contribution in [0.15, 0.2) is 24.8 Å². The van der Waals surface area contributed by atoms with Gasteiger partial charge in [-0.2, -0.15) is 0 Å². The van der Waals surface area contributed by atoms with Gasteiger partial charge >= 0.3 is 0 Å². The number of fused-ring (bicyclic) bond motifs is 3. The maximum Gasteiger partial charge on any atom is 0.190 e. The number of carbonyl (C=O) groups is 1. The Kier molecular flexibility index (Phi) is 3.72. The average Bonchev–Trinajstić information content (AvgIpc) is 3.23. The van der Waals surface area contributed by atoms with Gasteiger partial charge in [0.1, 0.15) is 18.3 Å². The Bertz CT molecular complexity index is 540.